The molecule has 0 aliphatic rings. The summed E-state index contributed by atoms with van der Waals surface area (Å²) in [6, 6.07) is 10.5. The van der Waals surface area contributed by atoms with Crippen LogP contribution in [0.3, 0.4) is 0 Å². The molecular weight excluding hydrogens is 559 g/mol. The highest BCUT2D eigenvalue weighted by atomic mass is 32.2. The van der Waals surface area contributed by atoms with Crippen LogP contribution < -0.4 is 9.47 Å². The Morgan fingerprint density at radius 2 is 1.55 bits per heavy atom. The lowest BCUT2D eigenvalue weighted by molar-refractivity contribution is 0.0989. The molecule has 1 aromatic heterocycles. The number of rotatable bonds is 15. The van der Waals surface area contributed by atoms with Crippen molar-refractivity contribution in [2.75, 3.05) is 26.1 Å². The Bertz CT molecular complexity index is 1440. The molecule has 0 aliphatic heterocycles. The van der Waals surface area contributed by atoms with Crippen molar-refractivity contribution in [2.24, 2.45) is 0 Å². The number of Topliss-reactive ketones (excluding diaryl/α,β-unsaturated/α-hetero) is 1. The summed E-state index contributed by atoms with van der Waals surface area (Å²) < 4.78 is 58.4. The number of carbonyl (C=O) groups excluding carboxylic acids is 1. The van der Waals surface area contributed by atoms with Crippen LogP contribution in [-0.2, 0) is 36.0 Å². The fraction of sp³-hybridized carbons (Fsp3) is 0.370. The van der Waals surface area contributed by atoms with Crippen LogP contribution in [-0.4, -0.2) is 61.5 Å². The van der Waals surface area contributed by atoms with E-state index in [1.54, 1.807) is 26.8 Å². The molecule has 3 rings (SSSR count). The number of hydrogen-bond acceptors (Lipinski definition) is 11. The lowest BCUT2D eigenvalue weighted by Gasteiger charge is -2.16. The fourth-order valence-corrected chi connectivity index (χ4v) is 5.80. The van der Waals surface area contributed by atoms with Crippen molar-refractivity contribution in [1.29, 1.82) is 0 Å². The van der Waals surface area contributed by atoms with Crippen LogP contribution in [0.4, 0.5) is 0 Å². The molecule has 0 bridgehead atoms. The number of nitrogens with zero attached hydrogens (tertiary/aromatic N) is 2. The number of aromatic nitrogens is 2. The standard InChI is InChI=1S/C27H33N2O9PS/c1-5-35-39(32,36-6-2)18-22-16-28-21(15-29-22)13-27(31)20-11-24(37-19(3)17-30)14-25(12-20)38-23-7-9-26(10-8-23)40(4,33)34/h7-12,14-16,19,30H,5-6,13,17-18H2,1-4H3/t19-/m0/s1. The predicted molar refractivity (Wildman–Crippen MR) is 148 cm³/mol. The average Bonchev–Trinajstić information content (AvgIpc) is 2.89. The van der Waals surface area contributed by atoms with Gasteiger partial charge in [0.2, 0.25) is 0 Å². The lowest BCUT2D eigenvalue weighted by Crippen LogP contribution is -2.16. The first kappa shape index (κ1) is 31.4. The number of sulfone groups is 1. The van der Waals surface area contributed by atoms with E-state index in [0.29, 0.717) is 22.9 Å². The Labute approximate surface area is 233 Å². The van der Waals surface area contributed by atoms with Crippen LogP contribution in [0.1, 0.15) is 42.5 Å². The van der Waals surface area contributed by atoms with E-state index in [1.807, 2.05) is 0 Å². The first-order chi connectivity index (χ1) is 18.9. The third-order valence-corrected chi connectivity index (χ3v) is 8.53. The molecule has 0 aliphatic carbocycles. The first-order valence-corrected chi connectivity index (χ1v) is 16.2. The molecule has 1 N–H and O–H groups in total. The average molecular weight is 593 g/mol. The molecule has 11 nitrogen and oxygen atoms in total. The van der Waals surface area contributed by atoms with E-state index >= 15 is 0 Å². The highest BCUT2D eigenvalue weighted by Gasteiger charge is 2.25. The Balaban J connectivity index is 1.80. The molecule has 0 saturated carbocycles. The van der Waals surface area contributed by atoms with Crippen LogP contribution in [0.25, 0.3) is 0 Å². The third-order valence-electron chi connectivity index (χ3n) is 5.39. The molecule has 2 aromatic carbocycles. The molecule has 0 spiro atoms. The molecule has 216 valence electrons. The number of aliphatic hydroxyl groups is 1. The van der Waals surface area contributed by atoms with Gasteiger partial charge in [-0.05, 0) is 57.2 Å². The van der Waals surface area contributed by atoms with Gasteiger partial charge >= 0.3 is 7.60 Å². The van der Waals surface area contributed by atoms with Crippen molar-refractivity contribution in [1.82, 2.24) is 9.97 Å². The summed E-state index contributed by atoms with van der Waals surface area (Å²) in [7, 11) is -6.70. The smallest absolute Gasteiger partial charge is 0.336 e. The van der Waals surface area contributed by atoms with Gasteiger partial charge in [0.1, 0.15) is 23.4 Å². The van der Waals surface area contributed by atoms with Gasteiger partial charge in [-0.15, -0.1) is 0 Å². The summed E-state index contributed by atoms with van der Waals surface area (Å²) in [6.45, 7) is 5.35. The largest absolute Gasteiger partial charge is 0.488 e. The molecule has 13 heteroatoms. The van der Waals surface area contributed by atoms with Gasteiger partial charge in [-0.25, -0.2) is 8.42 Å². The van der Waals surface area contributed by atoms with Gasteiger partial charge in [-0.1, -0.05) is 0 Å². The van der Waals surface area contributed by atoms with Crippen molar-refractivity contribution >= 4 is 23.2 Å². The summed E-state index contributed by atoms with van der Waals surface area (Å²) in [5, 5.41) is 9.40. The quantitative estimate of drug-likeness (QED) is 0.194. The molecule has 1 atom stereocenters. The lowest BCUT2D eigenvalue weighted by atomic mass is 10.1. The number of ketones is 1. The second-order valence-corrected chi connectivity index (χ2v) is 12.9. The van der Waals surface area contributed by atoms with Gasteiger partial charge in [0.25, 0.3) is 0 Å². The second-order valence-electron chi connectivity index (χ2n) is 8.85. The molecule has 0 amide bonds. The zero-order valence-electron chi connectivity index (χ0n) is 22.8. The molecule has 0 radical (unpaired) electrons. The molecule has 0 unspecified atom stereocenters. The zero-order chi connectivity index (χ0) is 29.3. The zero-order valence-corrected chi connectivity index (χ0v) is 24.5. The molecule has 1 heterocycles. The Morgan fingerprint density at radius 1 is 0.950 bits per heavy atom. The van der Waals surface area contributed by atoms with Crippen molar-refractivity contribution < 1.29 is 41.4 Å². The summed E-state index contributed by atoms with van der Waals surface area (Å²) in [4.78, 5) is 21.9. The van der Waals surface area contributed by atoms with E-state index in [0.717, 1.165) is 6.26 Å². The van der Waals surface area contributed by atoms with Gasteiger partial charge < -0.3 is 23.6 Å². The van der Waals surface area contributed by atoms with Crippen LogP contribution in [0.15, 0.2) is 59.8 Å². The molecule has 0 fully saturated rings. The van der Waals surface area contributed by atoms with E-state index in [9.17, 15) is 22.9 Å². The minimum Gasteiger partial charge on any atom is -0.488 e. The highest BCUT2D eigenvalue weighted by Crippen LogP contribution is 2.50. The van der Waals surface area contributed by atoms with Crippen LogP contribution in [0, 0.1) is 0 Å². The fourth-order valence-electron chi connectivity index (χ4n) is 3.56. The Hall–Kier alpha value is -3.15. The van der Waals surface area contributed by atoms with Crippen molar-refractivity contribution in [3.8, 4) is 17.2 Å². The van der Waals surface area contributed by atoms with Crippen molar-refractivity contribution in [3.05, 3.63) is 71.8 Å². The van der Waals surface area contributed by atoms with Gasteiger partial charge in [-0.2, -0.15) is 0 Å². The second kappa shape index (κ2) is 14.0. The topological polar surface area (TPSA) is 151 Å². The molecular formula is C27H33N2O9PS. The van der Waals surface area contributed by atoms with Crippen LogP contribution >= 0.6 is 7.60 Å². The van der Waals surface area contributed by atoms with E-state index < -0.39 is 23.5 Å². The Morgan fingerprint density at radius 3 is 2.10 bits per heavy atom. The number of carbonyl (C=O) groups is 1. The number of aliphatic hydroxyl groups excluding tert-OH is 1. The summed E-state index contributed by atoms with van der Waals surface area (Å²) in [5.74, 6) is 0.646. The van der Waals surface area contributed by atoms with Gasteiger partial charge in [-0.3, -0.25) is 19.3 Å². The minimum atomic E-state index is -3.36. The number of ether oxygens (including phenoxy) is 2. The van der Waals surface area contributed by atoms with E-state index in [4.69, 9.17) is 18.5 Å². The molecule has 0 saturated heterocycles. The normalized spacial score (nSPS) is 12.6. The SMILES string of the molecule is CCOP(=O)(Cc1cnc(CC(=O)c2cc(Oc3ccc(S(C)(=O)=O)cc3)cc(O[C@@H](C)CO)c2)cn1)OCC. The van der Waals surface area contributed by atoms with Gasteiger partial charge in [0.05, 0.1) is 48.7 Å². The van der Waals surface area contributed by atoms with E-state index in [1.165, 1.54) is 48.8 Å². The molecule has 3 aromatic rings. The summed E-state index contributed by atoms with van der Waals surface area (Å²) in [6.07, 6.45) is 3.33. The summed E-state index contributed by atoms with van der Waals surface area (Å²) >= 11 is 0. The number of hydrogen-bond donors (Lipinski definition) is 1. The maximum atomic E-state index is 13.2. The third kappa shape index (κ3) is 9.21. The van der Waals surface area contributed by atoms with Gasteiger partial charge in [0, 0.05) is 30.3 Å². The van der Waals surface area contributed by atoms with E-state index in [2.05, 4.69) is 9.97 Å². The molecule has 40 heavy (non-hydrogen) atoms. The van der Waals surface area contributed by atoms with Gasteiger partial charge in [0.15, 0.2) is 15.6 Å². The predicted octanol–water partition coefficient (Wildman–Crippen LogP) is 4.62. The summed E-state index contributed by atoms with van der Waals surface area (Å²) in [5.41, 5.74) is 1.08. The van der Waals surface area contributed by atoms with Crippen molar-refractivity contribution in [3.63, 3.8) is 0 Å². The number of benzene rings is 2. The van der Waals surface area contributed by atoms with E-state index in [-0.39, 0.29) is 54.4 Å². The minimum absolute atomic E-state index is 0.0375. The Kier molecular flexibility index (Phi) is 11.0. The maximum Gasteiger partial charge on any atom is 0.336 e. The highest BCUT2D eigenvalue weighted by molar-refractivity contribution is 7.90. The van der Waals surface area contributed by atoms with Crippen LogP contribution in [0.5, 0.6) is 17.2 Å². The van der Waals surface area contributed by atoms with Crippen LogP contribution in [0.2, 0.25) is 0 Å². The first-order valence-electron chi connectivity index (χ1n) is 12.6. The maximum absolute atomic E-state index is 13.2. The monoisotopic (exact) mass is 592 g/mol. The van der Waals surface area contributed by atoms with Crippen molar-refractivity contribution in [2.45, 2.75) is 44.4 Å².